The van der Waals surface area contributed by atoms with Crippen LogP contribution in [-0.2, 0) is 33.3 Å². The van der Waals surface area contributed by atoms with Crippen LogP contribution in [0.2, 0.25) is 0 Å². The maximum atomic E-state index is 11.9. The molecule has 0 spiro atoms. The fourth-order valence-corrected chi connectivity index (χ4v) is 12.2. The van der Waals surface area contributed by atoms with Gasteiger partial charge in [-0.15, -0.1) is 0 Å². The Kier molecular flexibility index (Phi) is 32.0. The maximum Gasteiger partial charge on any atom is 2.00 e. The second-order valence-corrected chi connectivity index (χ2v) is 23.9. The first-order chi connectivity index (χ1) is 36.0. The molecule has 6 rings (SSSR count). The molecule has 0 saturated heterocycles. The number of anilines is 4. The van der Waals surface area contributed by atoms with Crippen molar-refractivity contribution in [3.05, 3.63) is 108 Å². The SMILES string of the molecule is CCCCCCCCCCCCCCCCCC1Nc2c(cccc2S(=O)(=O)[O-])N1Cc1ccccc1.CCCCCCCCCCCCCCCCCC1Nc2c(cccc2S(=O)(=O)[O-])N1Cc1ccccc1.[Ca+2]. The van der Waals surface area contributed by atoms with Crippen LogP contribution in [0.25, 0.3) is 0 Å². The van der Waals surface area contributed by atoms with E-state index in [0.29, 0.717) is 24.5 Å². The van der Waals surface area contributed by atoms with Gasteiger partial charge >= 0.3 is 37.7 Å². The van der Waals surface area contributed by atoms with Crippen LogP contribution in [0.3, 0.4) is 0 Å². The predicted molar refractivity (Wildman–Crippen MR) is 314 cm³/mol. The summed E-state index contributed by atoms with van der Waals surface area (Å²) in [7, 11) is -9.08. The van der Waals surface area contributed by atoms with E-state index in [1.165, 1.54) is 192 Å². The third kappa shape index (κ3) is 24.0. The summed E-state index contributed by atoms with van der Waals surface area (Å²) in [4.78, 5) is 4.12. The van der Waals surface area contributed by atoms with Crippen molar-refractivity contribution in [3.63, 3.8) is 0 Å². The Balaban J connectivity index is 0.000000320. The topological polar surface area (TPSA) is 145 Å². The molecule has 0 bridgehead atoms. The van der Waals surface area contributed by atoms with Crippen molar-refractivity contribution in [1.82, 2.24) is 0 Å². The average molecular weight is 1100 g/mol. The van der Waals surface area contributed by atoms with Gasteiger partial charge < -0.3 is 29.5 Å². The molecule has 0 aliphatic carbocycles. The second kappa shape index (κ2) is 37.1. The van der Waals surface area contributed by atoms with Gasteiger partial charge in [-0.05, 0) is 61.1 Å². The van der Waals surface area contributed by atoms with E-state index in [4.69, 9.17) is 0 Å². The molecule has 0 saturated carbocycles. The van der Waals surface area contributed by atoms with Crippen LogP contribution in [0.15, 0.2) is 107 Å². The molecule has 0 amide bonds. The van der Waals surface area contributed by atoms with Gasteiger partial charge in [0.25, 0.3) is 0 Å². The molecular formula is C62H94CaN4O6S2. The zero-order valence-corrected chi connectivity index (χ0v) is 50.1. The molecule has 2 aliphatic rings. The van der Waals surface area contributed by atoms with Gasteiger partial charge in [0.05, 0.1) is 44.9 Å². The van der Waals surface area contributed by atoms with Crippen LogP contribution in [0.5, 0.6) is 0 Å². The first kappa shape index (κ1) is 64.7. The van der Waals surface area contributed by atoms with E-state index >= 15 is 0 Å². The molecule has 2 aliphatic heterocycles. The summed E-state index contributed by atoms with van der Waals surface area (Å²) in [6.07, 6.45) is 41.8. The summed E-state index contributed by atoms with van der Waals surface area (Å²) in [6, 6.07) is 30.3. The van der Waals surface area contributed by atoms with Gasteiger partial charge in [-0.3, -0.25) is 0 Å². The van der Waals surface area contributed by atoms with Gasteiger partial charge in [-0.2, -0.15) is 0 Å². The van der Waals surface area contributed by atoms with Gasteiger partial charge in [-0.25, -0.2) is 16.8 Å². The Morgan fingerprint density at radius 3 is 0.907 bits per heavy atom. The first-order valence-corrected chi connectivity index (χ1v) is 32.1. The van der Waals surface area contributed by atoms with Gasteiger partial charge in [-0.1, -0.05) is 266 Å². The summed E-state index contributed by atoms with van der Waals surface area (Å²) >= 11 is 0. The molecular weight excluding hydrogens is 1000 g/mol. The smallest absolute Gasteiger partial charge is 0.744 e. The van der Waals surface area contributed by atoms with E-state index in [1.807, 2.05) is 48.5 Å². The van der Waals surface area contributed by atoms with Crippen molar-refractivity contribution in [1.29, 1.82) is 0 Å². The number of rotatable bonds is 38. The molecule has 2 N–H and O–H groups in total. The van der Waals surface area contributed by atoms with Crippen LogP contribution < -0.4 is 20.4 Å². The van der Waals surface area contributed by atoms with Crippen LogP contribution >= 0.6 is 0 Å². The number of hydrogen-bond acceptors (Lipinski definition) is 10. The minimum Gasteiger partial charge on any atom is -0.744 e. The Morgan fingerprint density at radius 1 is 0.373 bits per heavy atom. The van der Waals surface area contributed by atoms with Crippen LogP contribution in [0, 0.1) is 0 Å². The van der Waals surface area contributed by atoms with E-state index in [0.717, 1.165) is 48.2 Å². The summed E-state index contributed by atoms with van der Waals surface area (Å²) in [6.45, 7) is 5.89. The molecule has 2 atom stereocenters. The number of hydrogen-bond donors (Lipinski definition) is 2. The van der Waals surface area contributed by atoms with Crippen molar-refractivity contribution < 1.29 is 25.9 Å². The fourth-order valence-electron chi connectivity index (χ4n) is 10.9. The van der Waals surface area contributed by atoms with E-state index in [2.05, 4.69) is 58.5 Å². The quantitative estimate of drug-likeness (QED) is 0.0253. The van der Waals surface area contributed by atoms with Gasteiger partial charge in [0, 0.05) is 13.1 Å². The third-order valence-electron chi connectivity index (χ3n) is 15.1. The molecule has 10 nitrogen and oxygen atoms in total. The Morgan fingerprint density at radius 2 is 0.640 bits per heavy atom. The molecule has 4 aromatic carbocycles. The summed E-state index contributed by atoms with van der Waals surface area (Å²) < 4.78 is 71.1. The molecule has 2 unspecified atom stereocenters. The number of nitrogens with zero attached hydrogens (tertiary/aromatic N) is 2. The van der Waals surface area contributed by atoms with Crippen molar-refractivity contribution in [2.45, 2.75) is 255 Å². The first-order valence-electron chi connectivity index (χ1n) is 29.3. The van der Waals surface area contributed by atoms with Gasteiger partial charge in [0.1, 0.15) is 20.2 Å². The number of benzene rings is 4. The van der Waals surface area contributed by atoms with Crippen molar-refractivity contribution in [2.24, 2.45) is 0 Å². The van der Waals surface area contributed by atoms with Gasteiger partial charge in [0.15, 0.2) is 0 Å². The normalized spacial score (nSPS) is 14.9. The van der Waals surface area contributed by atoms with Crippen LogP contribution in [-0.4, -0.2) is 76.0 Å². The van der Waals surface area contributed by atoms with Crippen molar-refractivity contribution >= 4 is 80.7 Å². The van der Waals surface area contributed by atoms with E-state index in [9.17, 15) is 25.9 Å². The molecule has 0 fully saturated rings. The monoisotopic (exact) mass is 1090 g/mol. The molecule has 0 radical (unpaired) electrons. The van der Waals surface area contributed by atoms with Crippen LogP contribution in [0.1, 0.15) is 230 Å². The molecule has 4 aromatic rings. The molecule has 0 aromatic heterocycles. The standard InChI is InChI=1S/2C31H48N2O3S.Ca/c2*1-2-3-4-5-6-7-8-9-10-11-12-13-14-15-19-25-30-32-31-28(23-20-24-29(31)37(34,35)36)33(30)26-27-21-17-16-18-22-27;/h2*16-18,20-24,30,32H,2-15,19,25-26H2,1H3,(H,34,35,36);/q;;+2/p-2. The average Bonchev–Trinajstić information content (AvgIpc) is 3.92. The van der Waals surface area contributed by atoms with Crippen molar-refractivity contribution in [2.75, 3.05) is 20.4 Å². The Labute approximate surface area is 485 Å². The Hall–Kier alpha value is -2.84. The number of nitrogens with one attached hydrogen (secondary N) is 2. The van der Waals surface area contributed by atoms with Gasteiger partial charge in [0.2, 0.25) is 0 Å². The molecule has 2 heterocycles. The fraction of sp³-hybridized carbons (Fsp3) is 0.613. The molecule has 75 heavy (non-hydrogen) atoms. The zero-order chi connectivity index (χ0) is 52.7. The Bertz CT molecular complexity index is 2190. The van der Waals surface area contributed by atoms with E-state index in [1.54, 1.807) is 12.1 Å². The molecule has 13 heteroatoms. The van der Waals surface area contributed by atoms with E-state index in [-0.39, 0.29) is 59.9 Å². The second-order valence-electron chi connectivity index (χ2n) is 21.2. The number of fused-ring (bicyclic) bond motifs is 2. The van der Waals surface area contributed by atoms with Crippen LogP contribution in [0.4, 0.5) is 22.7 Å². The maximum absolute atomic E-state index is 11.9. The predicted octanol–water partition coefficient (Wildman–Crippen LogP) is 16.8. The summed E-state index contributed by atoms with van der Waals surface area (Å²) in [5.41, 5.74) is 4.83. The molecule has 412 valence electrons. The number of para-hydroxylation sites is 2. The zero-order valence-electron chi connectivity index (χ0n) is 46.3. The van der Waals surface area contributed by atoms with E-state index < -0.39 is 20.2 Å². The number of unbranched alkanes of at least 4 members (excludes halogenated alkanes) is 28. The summed E-state index contributed by atoms with van der Waals surface area (Å²) in [5, 5.41) is 6.75. The largest absolute Gasteiger partial charge is 2.00 e. The minimum absolute atomic E-state index is 0. The third-order valence-corrected chi connectivity index (χ3v) is 16.9. The summed E-state index contributed by atoms with van der Waals surface area (Å²) in [5.74, 6) is 0. The minimum atomic E-state index is -4.54. The van der Waals surface area contributed by atoms with Crippen molar-refractivity contribution in [3.8, 4) is 0 Å².